The van der Waals surface area contributed by atoms with Crippen molar-refractivity contribution in [2.75, 3.05) is 0 Å². The van der Waals surface area contributed by atoms with E-state index < -0.39 is 11.4 Å². The van der Waals surface area contributed by atoms with Crippen LogP contribution in [0.5, 0.6) is 0 Å². The highest BCUT2D eigenvalue weighted by Gasteiger charge is 2.33. The highest BCUT2D eigenvalue weighted by Crippen LogP contribution is 2.27. The van der Waals surface area contributed by atoms with E-state index in [0.29, 0.717) is 15.6 Å². The summed E-state index contributed by atoms with van der Waals surface area (Å²) in [5.74, 6) is -1.15. The maximum atomic E-state index is 10.9. The normalized spacial score (nSPS) is 13.9. The van der Waals surface area contributed by atoms with Gasteiger partial charge in [0.1, 0.15) is 0 Å². The number of hydrogen-bond donors (Lipinski definition) is 1. The van der Waals surface area contributed by atoms with Gasteiger partial charge >= 0.3 is 5.97 Å². The van der Waals surface area contributed by atoms with Crippen LogP contribution < -0.4 is 0 Å². The molecule has 1 atom stereocenters. The molecule has 16 heavy (non-hydrogen) atoms. The van der Waals surface area contributed by atoms with Crippen molar-refractivity contribution in [1.29, 1.82) is 5.26 Å². The molecule has 1 N–H and O–H groups in total. The number of halogens is 2. The van der Waals surface area contributed by atoms with Crippen molar-refractivity contribution in [3.63, 3.8) is 0 Å². The van der Waals surface area contributed by atoms with E-state index >= 15 is 0 Å². The Hall–Kier alpha value is -1.24. The van der Waals surface area contributed by atoms with Gasteiger partial charge in [-0.25, -0.2) is 0 Å². The molecule has 1 rings (SSSR count). The standard InChI is InChI=1S/C11H9Cl2NO2/c1-11(6-14,10(15)16)5-7-2-3-8(12)9(13)4-7/h2-4H,5H2,1H3,(H,15,16). The van der Waals surface area contributed by atoms with Crippen molar-refractivity contribution in [2.45, 2.75) is 13.3 Å². The Balaban J connectivity index is 3.01. The number of rotatable bonds is 3. The first-order chi connectivity index (χ1) is 7.39. The van der Waals surface area contributed by atoms with Crippen molar-refractivity contribution < 1.29 is 9.90 Å². The first-order valence-corrected chi connectivity index (χ1v) is 5.23. The molecule has 0 aromatic heterocycles. The number of hydrogen-bond acceptors (Lipinski definition) is 2. The molecule has 3 nitrogen and oxygen atoms in total. The molecule has 0 spiro atoms. The zero-order valence-corrected chi connectivity index (χ0v) is 10.0. The van der Waals surface area contributed by atoms with E-state index in [1.54, 1.807) is 24.3 Å². The summed E-state index contributed by atoms with van der Waals surface area (Å²) < 4.78 is 0. The van der Waals surface area contributed by atoms with E-state index in [9.17, 15) is 4.79 Å². The van der Waals surface area contributed by atoms with Gasteiger partial charge in [0.05, 0.1) is 16.1 Å². The monoisotopic (exact) mass is 257 g/mol. The van der Waals surface area contributed by atoms with Crippen molar-refractivity contribution >= 4 is 29.2 Å². The third-order valence-electron chi connectivity index (χ3n) is 2.26. The van der Waals surface area contributed by atoms with Gasteiger partial charge in [0.25, 0.3) is 0 Å². The van der Waals surface area contributed by atoms with Crippen LogP contribution in [0.2, 0.25) is 10.0 Å². The fraction of sp³-hybridized carbons (Fsp3) is 0.273. The zero-order chi connectivity index (χ0) is 12.3. The molecule has 0 fully saturated rings. The maximum Gasteiger partial charge on any atom is 0.324 e. The molecule has 0 aliphatic carbocycles. The molecular formula is C11H9Cl2NO2. The summed E-state index contributed by atoms with van der Waals surface area (Å²) in [6, 6.07) is 6.60. The van der Waals surface area contributed by atoms with Crippen LogP contribution in [0.3, 0.4) is 0 Å². The lowest BCUT2D eigenvalue weighted by molar-refractivity contribution is -0.144. The van der Waals surface area contributed by atoms with Crippen molar-refractivity contribution in [2.24, 2.45) is 5.41 Å². The van der Waals surface area contributed by atoms with Gasteiger partial charge in [-0.05, 0) is 24.6 Å². The molecule has 0 aliphatic heterocycles. The molecule has 0 bridgehead atoms. The molecule has 1 aromatic rings. The Labute approximate surface area is 103 Å². The Morgan fingerprint density at radius 3 is 2.56 bits per heavy atom. The van der Waals surface area contributed by atoms with Crippen LogP contribution in [0.15, 0.2) is 18.2 Å². The van der Waals surface area contributed by atoms with Crippen LogP contribution in [0.1, 0.15) is 12.5 Å². The molecule has 0 saturated carbocycles. The van der Waals surface area contributed by atoms with Gasteiger partial charge in [-0.3, -0.25) is 4.79 Å². The van der Waals surface area contributed by atoms with Crippen molar-refractivity contribution in [3.8, 4) is 6.07 Å². The summed E-state index contributed by atoms with van der Waals surface area (Å²) >= 11 is 11.5. The molecular weight excluding hydrogens is 249 g/mol. The lowest BCUT2D eigenvalue weighted by Gasteiger charge is -2.16. The van der Waals surface area contributed by atoms with E-state index in [2.05, 4.69) is 0 Å². The Bertz CT molecular complexity index is 468. The average molecular weight is 258 g/mol. The average Bonchev–Trinajstić information content (AvgIpc) is 2.23. The van der Waals surface area contributed by atoms with E-state index in [1.165, 1.54) is 6.92 Å². The first-order valence-electron chi connectivity index (χ1n) is 4.47. The fourth-order valence-electron chi connectivity index (χ4n) is 1.22. The maximum absolute atomic E-state index is 10.9. The van der Waals surface area contributed by atoms with E-state index in [4.69, 9.17) is 33.6 Å². The third-order valence-corrected chi connectivity index (χ3v) is 3.00. The van der Waals surface area contributed by atoms with Gasteiger partial charge in [-0.2, -0.15) is 5.26 Å². The molecule has 0 saturated heterocycles. The van der Waals surface area contributed by atoms with Gasteiger partial charge in [0.15, 0.2) is 5.41 Å². The Morgan fingerprint density at radius 2 is 2.12 bits per heavy atom. The lowest BCUT2D eigenvalue weighted by atomic mass is 9.85. The largest absolute Gasteiger partial charge is 0.480 e. The second kappa shape index (κ2) is 4.73. The highest BCUT2D eigenvalue weighted by molar-refractivity contribution is 6.42. The predicted octanol–water partition coefficient (Wildman–Crippen LogP) is 3.15. The number of benzene rings is 1. The number of nitrogens with zero attached hydrogens (tertiary/aromatic N) is 1. The van der Waals surface area contributed by atoms with Crippen LogP contribution in [0, 0.1) is 16.7 Å². The summed E-state index contributed by atoms with van der Waals surface area (Å²) in [5, 5.41) is 18.5. The molecule has 0 amide bonds. The molecule has 1 aromatic carbocycles. The molecule has 84 valence electrons. The number of carboxylic acid groups (broad SMARTS) is 1. The molecule has 0 aliphatic rings. The number of carbonyl (C=O) groups is 1. The summed E-state index contributed by atoms with van der Waals surface area (Å²) in [6.07, 6.45) is 0.0930. The van der Waals surface area contributed by atoms with Gasteiger partial charge in [-0.1, -0.05) is 29.3 Å². The van der Waals surface area contributed by atoms with E-state index in [0.717, 1.165) is 0 Å². The van der Waals surface area contributed by atoms with Gasteiger partial charge in [0.2, 0.25) is 0 Å². The first kappa shape index (κ1) is 12.8. The summed E-state index contributed by atoms with van der Waals surface area (Å²) in [7, 11) is 0. The fourth-order valence-corrected chi connectivity index (χ4v) is 1.54. The molecule has 0 heterocycles. The van der Waals surface area contributed by atoms with Gasteiger partial charge in [0, 0.05) is 6.42 Å². The second-order valence-corrected chi connectivity index (χ2v) is 4.49. The topological polar surface area (TPSA) is 61.1 Å². The van der Waals surface area contributed by atoms with Gasteiger partial charge in [-0.15, -0.1) is 0 Å². The van der Waals surface area contributed by atoms with Crippen LogP contribution in [0.25, 0.3) is 0 Å². The smallest absolute Gasteiger partial charge is 0.324 e. The quantitative estimate of drug-likeness (QED) is 0.905. The second-order valence-electron chi connectivity index (χ2n) is 3.67. The molecule has 1 unspecified atom stereocenters. The predicted molar refractivity (Wildman–Crippen MR) is 61.5 cm³/mol. The summed E-state index contributed by atoms with van der Waals surface area (Å²) in [4.78, 5) is 10.9. The number of nitriles is 1. The van der Waals surface area contributed by atoms with Crippen LogP contribution >= 0.6 is 23.2 Å². The van der Waals surface area contributed by atoms with Crippen LogP contribution in [0.4, 0.5) is 0 Å². The minimum atomic E-state index is -1.45. The van der Waals surface area contributed by atoms with Crippen LogP contribution in [-0.4, -0.2) is 11.1 Å². The molecule has 5 heteroatoms. The van der Waals surface area contributed by atoms with Crippen molar-refractivity contribution in [3.05, 3.63) is 33.8 Å². The third kappa shape index (κ3) is 2.66. The lowest BCUT2D eigenvalue weighted by Crippen LogP contribution is -2.28. The van der Waals surface area contributed by atoms with Crippen molar-refractivity contribution in [1.82, 2.24) is 0 Å². The van der Waals surface area contributed by atoms with E-state index in [-0.39, 0.29) is 6.42 Å². The Kier molecular flexibility index (Phi) is 3.79. The minimum Gasteiger partial charge on any atom is -0.480 e. The summed E-state index contributed by atoms with van der Waals surface area (Å²) in [6.45, 7) is 1.37. The van der Waals surface area contributed by atoms with Crippen LogP contribution in [-0.2, 0) is 11.2 Å². The van der Waals surface area contributed by atoms with E-state index in [1.807, 2.05) is 0 Å². The SMILES string of the molecule is CC(C#N)(Cc1ccc(Cl)c(Cl)c1)C(=O)O. The molecule has 0 radical (unpaired) electrons. The van der Waals surface area contributed by atoms with Gasteiger partial charge < -0.3 is 5.11 Å². The number of carboxylic acids is 1. The number of aliphatic carboxylic acids is 1. The minimum absolute atomic E-state index is 0.0930. The summed E-state index contributed by atoms with van der Waals surface area (Å²) in [5.41, 5.74) is -0.780. The highest BCUT2D eigenvalue weighted by atomic mass is 35.5. The Morgan fingerprint density at radius 1 is 1.50 bits per heavy atom. The zero-order valence-electron chi connectivity index (χ0n) is 8.50.